The lowest BCUT2D eigenvalue weighted by molar-refractivity contribution is 0.280. The lowest BCUT2D eigenvalue weighted by Gasteiger charge is -2.21. The summed E-state index contributed by atoms with van der Waals surface area (Å²) in [6, 6.07) is 0. The largest absolute Gasteiger partial charge is 0.301 e. The second kappa shape index (κ2) is 13.4. The highest BCUT2D eigenvalue weighted by atomic mass is 32.1. The van der Waals surface area contributed by atoms with Crippen LogP contribution in [-0.2, 0) is 0 Å². The first-order valence-corrected chi connectivity index (χ1v) is 9.14. The van der Waals surface area contributed by atoms with Crippen molar-refractivity contribution in [3.05, 3.63) is 0 Å². The van der Waals surface area contributed by atoms with E-state index >= 15 is 0 Å². The normalized spacial score (nSPS) is 12.4. The van der Waals surface area contributed by atoms with Crippen LogP contribution in [0.15, 0.2) is 4.99 Å². The van der Waals surface area contributed by atoms with Gasteiger partial charge >= 0.3 is 0 Å². The number of aliphatic imine (C=N–C) groups is 1. The van der Waals surface area contributed by atoms with Crippen LogP contribution in [0.4, 0.5) is 0 Å². The molecule has 0 saturated heterocycles. The standard InChI is InChI=1S/C18H36N2S/c1-6-9-18(21)10-8-13-20(12-7-2)14-11-19-17(5)15-16(3)4/h16H,6-15H2,1-5H3/b19-17+. The first-order chi connectivity index (χ1) is 9.99. The highest BCUT2D eigenvalue weighted by Crippen LogP contribution is 2.04. The fourth-order valence-corrected chi connectivity index (χ4v) is 2.94. The third kappa shape index (κ3) is 13.1. The topological polar surface area (TPSA) is 15.6 Å². The van der Waals surface area contributed by atoms with Crippen molar-refractivity contribution in [2.75, 3.05) is 26.2 Å². The van der Waals surface area contributed by atoms with Crippen molar-refractivity contribution in [2.24, 2.45) is 10.9 Å². The van der Waals surface area contributed by atoms with Crippen molar-refractivity contribution in [2.45, 2.75) is 73.1 Å². The second-order valence-electron chi connectivity index (χ2n) is 6.45. The molecule has 0 aliphatic heterocycles. The smallest absolute Gasteiger partial charge is 0.0516 e. The molecule has 0 aromatic heterocycles. The fraction of sp³-hybridized carbons (Fsp3) is 0.889. The summed E-state index contributed by atoms with van der Waals surface area (Å²) in [5.41, 5.74) is 1.30. The zero-order valence-electron chi connectivity index (χ0n) is 15.0. The minimum Gasteiger partial charge on any atom is -0.301 e. The van der Waals surface area contributed by atoms with E-state index in [4.69, 9.17) is 17.2 Å². The summed E-state index contributed by atoms with van der Waals surface area (Å²) >= 11 is 5.39. The van der Waals surface area contributed by atoms with Gasteiger partial charge in [0, 0.05) is 12.3 Å². The molecule has 0 bridgehead atoms. The maximum atomic E-state index is 5.39. The molecule has 0 aliphatic rings. The molecule has 0 rings (SSSR count). The number of nitrogens with zero attached hydrogens (tertiary/aromatic N) is 2. The van der Waals surface area contributed by atoms with Gasteiger partial charge in [0.25, 0.3) is 0 Å². The van der Waals surface area contributed by atoms with Crippen LogP contribution in [0.5, 0.6) is 0 Å². The van der Waals surface area contributed by atoms with Crippen LogP contribution in [0.3, 0.4) is 0 Å². The second-order valence-corrected chi connectivity index (χ2v) is 7.03. The minimum absolute atomic E-state index is 0.708. The van der Waals surface area contributed by atoms with Crippen LogP contribution < -0.4 is 0 Å². The predicted octanol–water partition coefficient (Wildman–Crippen LogP) is 5.16. The monoisotopic (exact) mass is 312 g/mol. The average molecular weight is 313 g/mol. The Hall–Kier alpha value is -0.280. The van der Waals surface area contributed by atoms with E-state index in [9.17, 15) is 0 Å². The van der Waals surface area contributed by atoms with Crippen molar-refractivity contribution in [3.63, 3.8) is 0 Å². The summed E-state index contributed by atoms with van der Waals surface area (Å²) < 4.78 is 0. The fourth-order valence-electron chi connectivity index (χ4n) is 2.59. The lowest BCUT2D eigenvalue weighted by atomic mass is 10.1. The third-order valence-electron chi connectivity index (χ3n) is 3.50. The van der Waals surface area contributed by atoms with E-state index in [1.807, 2.05) is 0 Å². The average Bonchev–Trinajstić information content (AvgIpc) is 2.38. The van der Waals surface area contributed by atoms with Crippen LogP contribution in [-0.4, -0.2) is 41.7 Å². The molecule has 3 heteroatoms. The van der Waals surface area contributed by atoms with Gasteiger partial charge in [0.1, 0.15) is 0 Å². The van der Waals surface area contributed by atoms with Gasteiger partial charge in [-0.25, -0.2) is 0 Å². The van der Waals surface area contributed by atoms with Crippen LogP contribution in [0, 0.1) is 5.92 Å². The van der Waals surface area contributed by atoms with E-state index in [0.29, 0.717) is 5.92 Å². The molecule has 0 amide bonds. The molecular weight excluding hydrogens is 276 g/mol. The summed E-state index contributed by atoms with van der Waals surface area (Å²) in [6.45, 7) is 15.5. The van der Waals surface area contributed by atoms with E-state index in [2.05, 4.69) is 39.5 Å². The molecule has 0 aliphatic carbocycles. The van der Waals surface area contributed by atoms with Crippen molar-refractivity contribution < 1.29 is 0 Å². The molecule has 0 saturated carbocycles. The van der Waals surface area contributed by atoms with Gasteiger partial charge in [-0.15, -0.1) is 0 Å². The first kappa shape index (κ1) is 20.7. The molecule has 0 aromatic rings. The lowest BCUT2D eigenvalue weighted by Crippen LogP contribution is -2.29. The molecule has 21 heavy (non-hydrogen) atoms. The Labute approximate surface area is 138 Å². The van der Waals surface area contributed by atoms with Gasteiger partial charge in [0.15, 0.2) is 0 Å². The van der Waals surface area contributed by atoms with Crippen molar-refractivity contribution in [1.82, 2.24) is 4.90 Å². The number of rotatable bonds is 13. The highest BCUT2D eigenvalue weighted by Gasteiger charge is 2.04. The van der Waals surface area contributed by atoms with Crippen LogP contribution in [0.25, 0.3) is 0 Å². The van der Waals surface area contributed by atoms with Crippen molar-refractivity contribution >= 4 is 22.8 Å². The molecule has 0 atom stereocenters. The summed E-state index contributed by atoms with van der Waals surface area (Å²) in [6.07, 6.45) is 6.95. The molecule has 0 aromatic carbocycles. The van der Waals surface area contributed by atoms with Gasteiger partial charge in [-0.1, -0.05) is 46.3 Å². The molecule has 2 nitrogen and oxygen atoms in total. The summed E-state index contributed by atoms with van der Waals surface area (Å²) in [7, 11) is 0. The Bertz CT molecular complexity index is 298. The number of hydrogen-bond donors (Lipinski definition) is 0. The van der Waals surface area contributed by atoms with Crippen molar-refractivity contribution in [3.8, 4) is 0 Å². The first-order valence-electron chi connectivity index (χ1n) is 8.73. The Morgan fingerprint density at radius 1 is 1.05 bits per heavy atom. The number of hydrogen-bond acceptors (Lipinski definition) is 3. The quantitative estimate of drug-likeness (QED) is 0.345. The van der Waals surface area contributed by atoms with Gasteiger partial charge in [-0.2, -0.15) is 0 Å². The van der Waals surface area contributed by atoms with Gasteiger partial charge in [0.2, 0.25) is 0 Å². The Morgan fingerprint density at radius 3 is 2.33 bits per heavy atom. The Morgan fingerprint density at radius 2 is 1.76 bits per heavy atom. The van der Waals surface area contributed by atoms with Crippen molar-refractivity contribution in [1.29, 1.82) is 0 Å². The molecule has 0 unspecified atom stereocenters. The van der Waals surface area contributed by atoms with Crippen LogP contribution in [0.2, 0.25) is 0 Å². The van der Waals surface area contributed by atoms with E-state index in [-0.39, 0.29) is 0 Å². The molecule has 124 valence electrons. The molecule has 0 spiro atoms. The molecular formula is C18H36N2S. The third-order valence-corrected chi connectivity index (χ3v) is 3.91. The Balaban J connectivity index is 3.98. The van der Waals surface area contributed by atoms with E-state index in [1.165, 1.54) is 36.4 Å². The van der Waals surface area contributed by atoms with Crippen LogP contribution in [0.1, 0.15) is 73.1 Å². The zero-order valence-corrected chi connectivity index (χ0v) is 15.8. The Kier molecular flexibility index (Phi) is 13.2. The summed E-state index contributed by atoms with van der Waals surface area (Å²) in [5, 5.41) is 0. The van der Waals surface area contributed by atoms with Gasteiger partial charge < -0.3 is 4.90 Å². The molecule has 0 N–H and O–H groups in total. The van der Waals surface area contributed by atoms with Crippen LogP contribution >= 0.6 is 12.2 Å². The maximum absolute atomic E-state index is 5.39. The van der Waals surface area contributed by atoms with E-state index in [0.717, 1.165) is 38.9 Å². The maximum Gasteiger partial charge on any atom is 0.0516 e. The SMILES string of the molecule is CCCC(=S)CCCN(CCC)CC/N=C(\C)CC(C)C. The van der Waals surface area contributed by atoms with E-state index in [1.54, 1.807) is 0 Å². The molecule has 0 fully saturated rings. The predicted molar refractivity (Wildman–Crippen MR) is 101 cm³/mol. The van der Waals surface area contributed by atoms with Gasteiger partial charge in [-0.3, -0.25) is 4.99 Å². The van der Waals surface area contributed by atoms with E-state index < -0.39 is 0 Å². The molecule has 0 heterocycles. The number of thiocarbonyl (C=S) groups is 1. The zero-order chi connectivity index (χ0) is 16.1. The van der Waals surface area contributed by atoms with Gasteiger partial charge in [0.05, 0.1) is 6.54 Å². The highest BCUT2D eigenvalue weighted by molar-refractivity contribution is 7.80. The van der Waals surface area contributed by atoms with Gasteiger partial charge in [-0.05, 0) is 62.9 Å². The molecule has 0 radical (unpaired) electrons. The minimum atomic E-state index is 0.708. The summed E-state index contributed by atoms with van der Waals surface area (Å²) in [5.74, 6) is 0.708. The summed E-state index contributed by atoms with van der Waals surface area (Å²) in [4.78, 5) is 8.50.